The number of rotatable bonds is 5. The van der Waals surface area contributed by atoms with E-state index in [-0.39, 0.29) is 5.91 Å². The number of hydrogen-bond acceptors (Lipinski definition) is 4. The monoisotopic (exact) mass is 361 g/mol. The highest BCUT2D eigenvalue weighted by Gasteiger charge is 2.09. The Labute approximate surface area is 148 Å². The normalized spacial score (nSPS) is 10.4. The van der Waals surface area contributed by atoms with E-state index < -0.39 is 0 Å². The van der Waals surface area contributed by atoms with Crippen LogP contribution < -0.4 is 10.6 Å². The molecule has 5 nitrogen and oxygen atoms in total. The third kappa shape index (κ3) is 4.07. The van der Waals surface area contributed by atoms with Crippen molar-refractivity contribution < 1.29 is 9.21 Å². The van der Waals surface area contributed by atoms with Gasteiger partial charge in [-0.25, -0.2) is 0 Å². The van der Waals surface area contributed by atoms with Crippen LogP contribution in [0.2, 0.25) is 10.0 Å². The fourth-order valence-electron chi connectivity index (χ4n) is 2.04. The third-order valence-electron chi connectivity index (χ3n) is 3.22. The molecule has 2 N–H and O–H groups in total. The number of carbonyl (C=O) groups is 1. The number of nitrogens with one attached hydrogen (secondary N) is 2. The highest BCUT2D eigenvalue weighted by molar-refractivity contribution is 6.42. The predicted octanol–water partition coefficient (Wildman–Crippen LogP) is 4.85. The largest absolute Gasteiger partial charge is 0.467 e. The Hall–Kier alpha value is -2.50. The van der Waals surface area contributed by atoms with Gasteiger partial charge in [-0.1, -0.05) is 23.2 Å². The molecule has 3 rings (SSSR count). The SMILES string of the molecule is O=C(Nc1ccc(Cl)c(Cl)c1)c1cncc(NCc2ccco2)c1. The highest BCUT2D eigenvalue weighted by Crippen LogP contribution is 2.25. The fraction of sp³-hybridized carbons (Fsp3) is 0.0588. The van der Waals surface area contributed by atoms with Crippen LogP contribution in [0.1, 0.15) is 16.1 Å². The summed E-state index contributed by atoms with van der Waals surface area (Å²) in [6.45, 7) is 0.506. The Morgan fingerprint density at radius 1 is 1.08 bits per heavy atom. The fourth-order valence-corrected chi connectivity index (χ4v) is 2.34. The van der Waals surface area contributed by atoms with Gasteiger partial charge in [0.1, 0.15) is 5.76 Å². The molecule has 0 fully saturated rings. The molecule has 0 atom stereocenters. The average Bonchev–Trinajstić information content (AvgIpc) is 3.10. The molecule has 7 heteroatoms. The number of carbonyl (C=O) groups excluding carboxylic acids is 1. The van der Waals surface area contributed by atoms with E-state index in [9.17, 15) is 4.79 Å². The van der Waals surface area contributed by atoms with Gasteiger partial charge in [-0.15, -0.1) is 0 Å². The van der Waals surface area contributed by atoms with Crippen molar-refractivity contribution in [2.45, 2.75) is 6.54 Å². The molecule has 3 aromatic rings. The van der Waals surface area contributed by atoms with E-state index in [4.69, 9.17) is 27.6 Å². The number of hydrogen-bond donors (Lipinski definition) is 2. The van der Waals surface area contributed by atoms with Crippen LogP contribution in [0, 0.1) is 0 Å². The van der Waals surface area contributed by atoms with Gasteiger partial charge in [0.15, 0.2) is 0 Å². The van der Waals surface area contributed by atoms with Crippen molar-refractivity contribution in [2.24, 2.45) is 0 Å². The topological polar surface area (TPSA) is 67.2 Å². The zero-order valence-electron chi connectivity index (χ0n) is 12.4. The van der Waals surface area contributed by atoms with Crippen molar-refractivity contribution in [1.29, 1.82) is 0 Å². The van der Waals surface area contributed by atoms with Crippen molar-refractivity contribution >= 4 is 40.5 Å². The summed E-state index contributed by atoms with van der Waals surface area (Å²) >= 11 is 11.8. The van der Waals surface area contributed by atoms with Gasteiger partial charge in [0.05, 0.1) is 34.1 Å². The lowest BCUT2D eigenvalue weighted by molar-refractivity contribution is 0.102. The summed E-state index contributed by atoms with van der Waals surface area (Å²) in [4.78, 5) is 16.4. The maximum absolute atomic E-state index is 12.3. The molecule has 0 spiro atoms. The predicted molar refractivity (Wildman–Crippen MR) is 94.7 cm³/mol. The van der Waals surface area contributed by atoms with Crippen molar-refractivity contribution in [3.63, 3.8) is 0 Å². The van der Waals surface area contributed by atoms with Gasteiger partial charge in [-0.3, -0.25) is 9.78 Å². The van der Waals surface area contributed by atoms with Crippen LogP contribution >= 0.6 is 23.2 Å². The number of aromatic nitrogens is 1. The lowest BCUT2D eigenvalue weighted by Crippen LogP contribution is -2.12. The second-order valence-electron chi connectivity index (χ2n) is 4.98. The minimum Gasteiger partial charge on any atom is -0.467 e. The molecule has 24 heavy (non-hydrogen) atoms. The summed E-state index contributed by atoms with van der Waals surface area (Å²) in [6.07, 6.45) is 4.74. The van der Waals surface area contributed by atoms with Crippen molar-refractivity contribution in [2.75, 3.05) is 10.6 Å². The maximum atomic E-state index is 12.3. The molecule has 0 aliphatic heterocycles. The first kappa shape index (κ1) is 16.4. The van der Waals surface area contributed by atoms with Crippen LogP contribution in [0.25, 0.3) is 0 Å². The second kappa shape index (κ2) is 7.38. The van der Waals surface area contributed by atoms with E-state index in [1.54, 1.807) is 36.7 Å². The first-order valence-corrected chi connectivity index (χ1v) is 7.85. The summed E-state index contributed by atoms with van der Waals surface area (Å²) in [6, 6.07) is 10.3. The van der Waals surface area contributed by atoms with Gasteiger partial charge in [0.2, 0.25) is 0 Å². The summed E-state index contributed by atoms with van der Waals surface area (Å²) in [5.74, 6) is 0.503. The molecule has 0 aliphatic rings. The number of anilines is 2. The van der Waals surface area contributed by atoms with E-state index in [1.165, 1.54) is 6.20 Å². The molecular formula is C17H13Cl2N3O2. The van der Waals surface area contributed by atoms with Gasteiger partial charge < -0.3 is 15.1 Å². The molecule has 0 saturated carbocycles. The first-order chi connectivity index (χ1) is 11.6. The minimum absolute atomic E-state index is 0.289. The van der Waals surface area contributed by atoms with Crippen LogP contribution in [-0.2, 0) is 6.54 Å². The summed E-state index contributed by atoms with van der Waals surface area (Å²) in [5, 5.41) is 6.71. The van der Waals surface area contributed by atoms with Crippen LogP contribution in [-0.4, -0.2) is 10.9 Å². The van der Waals surface area contributed by atoms with Gasteiger partial charge in [0, 0.05) is 18.1 Å². The smallest absolute Gasteiger partial charge is 0.257 e. The highest BCUT2D eigenvalue weighted by atomic mass is 35.5. The van der Waals surface area contributed by atoms with Crippen molar-refractivity contribution in [3.05, 3.63) is 76.4 Å². The van der Waals surface area contributed by atoms with Gasteiger partial charge in [-0.05, 0) is 36.4 Å². The van der Waals surface area contributed by atoms with Crippen LogP contribution in [0.4, 0.5) is 11.4 Å². The molecule has 0 bridgehead atoms. The Morgan fingerprint density at radius 3 is 2.71 bits per heavy atom. The molecule has 122 valence electrons. The summed E-state index contributed by atoms with van der Waals surface area (Å²) in [7, 11) is 0. The number of nitrogens with zero attached hydrogens (tertiary/aromatic N) is 1. The van der Waals surface area contributed by atoms with Crippen LogP contribution in [0.5, 0.6) is 0 Å². The van der Waals surface area contributed by atoms with Gasteiger partial charge >= 0.3 is 0 Å². The third-order valence-corrected chi connectivity index (χ3v) is 3.96. The van der Waals surface area contributed by atoms with Gasteiger partial charge in [-0.2, -0.15) is 0 Å². The zero-order chi connectivity index (χ0) is 16.9. The van der Waals surface area contributed by atoms with E-state index in [0.29, 0.717) is 33.5 Å². The number of furan rings is 1. The van der Waals surface area contributed by atoms with Crippen molar-refractivity contribution in [3.8, 4) is 0 Å². The maximum Gasteiger partial charge on any atom is 0.257 e. The minimum atomic E-state index is -0.289. The standard InChI is InChI=1S/C17H13Cl2N3O2/c18-15-4-3-12(7-16(15)19)22-17(23)11-6-13(9-20-8-11)21-10-14-2-1-5-24-14/h1-9,21H,10H2,(H,22,23). The first-order valence-electron chi connectivity index (χ1n) is 7.09. The Balaban J connectivity index is 1.68. The summed E-state index contributed by atoms with van der Waals surface area (Å²) < 4.78 is 5.25. The molecule has 2 aromatic heterocycles. The Kier molecular flexibility index (Phi) is 5.03. The Morgan fingerprint density at radius 2 is 1.96 bits per heavy atom. The Bertz CT molecular complexity index is 851. The van der Waals surface area contributed by atoms with Crippen molar-refractivity contribution in [1.82, 2.24) is 4.98 Å². The lowest BCUT2D eigenvalue weighted by Gasteiger charge is -2.08. The molecule has 1 aromatic carbocycles. The number of pyridine rings is 1. The van der Waals surface area contributed by atoms with Crippen LogP contribution in [0.15, 0.2) is 59.5 Å². The number of amides is 1. The molecule has 0 unspecified atom stereocenters. The van der Waals surface area contributed by atoms with E-state index in [1.807, 2.05) is 12.1 Å². The van der Waals surface area contributed by atoms with E-state index in [0.717, 1.165) is 5.76 Å². The molecule has 0 saturated heterocycles. The van der Waals surface area contributed by atoms with Crippen LogP contribution in [0.3, 0.4) is 0 Å². The molecule has 2 heterocycles. The molecule has 0 radical (unpaired) electrons. The molecule has 1 amide bonds. The molecular weight excluding hydrogens is 349 g/mol. The quantitative estimate of drug-likeness (QED) is 0.681. The number of benzene rings is 1. The number of halogens is 2. The van der Waals surface area contributed by atoms with Gasteiger partial charge in [0.25, 0.3) is 5.91 Å². The van der Waals surface area contributed by atoms with E-state index >= 15 is 0 Å². The lowest BCUT2D eigenvalue weighted by atomic mass is 10.2. The summed E-state index contributed by atoms with van der Waals surface area (Å²) in [5.41, 5.74) is 1.70. The zero-order valence-corrected chi connectivity index (χ0v) is 13.9. The second-order valence-corrected chi connectivity index (χ2v) is 5.79. The molecule has 0 aliphatic carbocycles. The average molecular weight is 362 g/mol. The van der Waals surface area contributed by atoms with E-state index in [2.05, 4.69) is 15.6 Å².